The lowest BCUT2D eigenvalue weighted by Crippen LogP contribution is -1.94. The van der Waals surface area contributed by atoms with Gasteiger partial charge in [-0.1, -0.05) is 33.8 Å². The number of thioether (sulfide) groups is 1. The number of benzene rings is 1. The average Bonchev–Trinajstić information content (AvgIpc) is 2.73. The largest absolute Gasteiger partial charge is 0.270 e. The average molecular weight is 330 g/mol. The number of halogens is 1. The number of hydrogen-bond donors (Lipinski definition) is 0. The van der Waals surface area contributed by atoms with Crippen LogP contribution in [0.25, 0.3) is 0 Å². The lowest BCUT2D eigenvalue weighted by molar-refractivity contribution is -0.384. The first-order chi connectivity index (χ1) is 8.58. The third-order valence-electron chi connectivity index (χ3n) is 2.19. The summed E-state index contributed by atoms with van der Waals surface area (Å²) in [6.07, 6.45) is 0. The molecule has 0 amide bonds. The van der Waals surface area contributed by atoms with Crippen LogP contribution in [0.3, 0.4) is 0 Å². The fraction of sp³-hybridized carbons (Fsp3) is 0.222. The molecule has 0 saturated heterocycles. The summed E-state index contributed by atoms with van der Waals surface area (Å²) < 4.78 is 2.28. The molecule has 7 nitrogen and oxygen atoms in total. The quantitative estimate of drug-likeness (QED) is 0.485. The van der Waals surface area contributed by atoms with Gasteiger partial charge in [0, 0.05) is 29.4 Å². The van der Waals surface area contributed by atoms with E-state index in [0.29, 0.717) is 15.4 Å². The number of aryl methyl sites for hydroxylation is 1. The molecule has 1 aromatic heterocycles. The highest BCUT2D eigenvalue weighted by molar-refractivity contribution is 9.10. The number of nitro benzene ring substituents is 1. The van der Waals surface area contributed by atoms with Gasteiger partial charge in [0.05, 0.1) is 4.92 Å². The Morgan fingerprint density at radius 1 is 1.56 bits per heavy atom. The molecule has 0 spiro atoms. The van der Waals surface area contributed by atoms with Crippen molar-refractivity contribution in [2.75, 3.05) is 0 Å². The number of tetrazole rings is 1. The Bertz CT molecular complexity index is 588. The summed E-state index contributed by atoms with van der Waals surface area (Å²) in [5.74, 6) is 0.632. The van der Waals surface area contributed by atoms with Crippen LogP contribution in [0.2, 0.25) is 0 Å². The third-order valence-corrected chi connectivity index (χ3v) is 3.98. The van der Waals surface area contributed by atoms with Gasteiger partial charge in [0.25, 0.3) is 5.69 Å². The molecule has 94 valence electrons. The van der Waals surface area contributed by atoms with Gasteiger partial charge in [-0.05, 0) is 16.0 Å². The summed E-state index contributed by atoms with van der Waals surface area (Å²) in [7, 11) is 1.76. The Morgan fingerprint density at radius 2 is 2.33 bits per heavy atom. The molecular formula is C9H8BrN5O2S. The van der Waals surface area contributed by atoms with E-state index in [-0.39, 0.29) is 5.69 Å². The lowest BCUT2D eigenvalue weighted by atomic mass is 10.2. The van der Waals surface area contributed by atoms with Crippen LogP contribution in [0.4, 0.5) is 5.69 Å². The molecule has 9 heteroatoms. The van der Waals surface area contributed by atoms with E-state index in [9.17, 15) is 10.1 Å². The topological polar surface area (TPSA) is 86.7 Å². The van der Waals surface area contributed by atoms with Crippen LogP contribution < -0.4 is 0 Å². The number of nitrogens with zero attached hydrogens (tertiary/aromatic N) is 5. The minimum absolute atomic E-state index is 0.0657. The molecule has 0 unspecified atom stereocenters. The molecule has 1 aromatic carbocycles. The first-order valence-electron chi connectivity index (χ1n) is 4.86. The van der Waals surface area contributed by atoms with Crippen molar-refractivity contribution in [3.63, 3.8) is 0 Å². The van der Waals surface area contributed by atoms with E-state index in [0.717, 1.165) is 5.56 Å². The zero-order valence-electron chi connectivity index (χ0n) is 9.28. The molecule has 0 atom stereocenters. The van der Waals surface area contributed by atoms with E-state index in [2.05, 4.69) is 31.5 Å². The first kappa shape index (κ1) is 13.0. The van der Waals surface area contributed by atoms with Crippen LogP contribution >= 0.6 is 27.7 Å². The highest BCUT2D eigenvalue weighted by atomic mass is 79.9. The van der Waals surface area contributed by atoms with E-state index >= 15 is 0 Å². The second-order valence-corrected chi connectivity index (χ2v) is 5.20. The maximum atomic E-state index is 10.6. The molecule has 2 rings (SSSR count). The smallest absolute Gasteiger partial charge is 0.258 e. The van der Waals surface area contributed by atoms with Crippen molar-refractivity contribution in [2.24, 2.45) is 7.05 Å². The molecule has 0 aliphatic rings. The van der Waals surface area contributed by atoms with Crippen molar-refractivity contribution in [1.82, 2.24) is 20.2 Å². The van der Waals surface area contributed by atoms with Gasteiger partial charge < -0.3 is 0 Å². The predicted molar refractivity (Wildman–Crippen MR) is 69.2 cm³/mol. The normalized spacial score (nSPS) is 10.6. The minimum Gasteiger partial charge on any atom is -0.258 e. The summed E-state index contributed by atoms with van der Waals surface area (Å²) >= 11 is 4.78. The maximum absolute atomic E-state index is 10.6. The van der Waals surface area contributed by atoms with Crippen LogP contribution in [0.15, 0.2) is 27.8 Å². The standard InChI is InChI=1S/C9H8BrN5O2S/c1-14-9(11-12-13-14)18-5-6-2-3-7(15(16)17)4-8(6)10/h2-4H,5H2,1H3. The van der Waals surface area contributed by atoms with Gasteiger partial charge in [-0.15, -0.1) is 5.10 Å². The van der Waals surface area contributed by atoms with Gasteiger partial charge in [0.15, 0.2) is 0 Å². The Kier molecular flexibility index (Phi) is 3.92. The number of nitro groups is 1. The number of rotatable bonds is 4. The van der Waals surface area contributed by atoms with Crippen molar-refractivity contribution in [3.05, 3.63) is 38.3 Å². The highest BCUT2D eigenvalue weighted by Crippen LogP contribution is 2.28. The summed E-state index contributed by atoms with van der Waals surface area (Å²) in [4.78, 5) is 10.2. The van der Waals surface area contributed by atoms with Gasteiger partial charge in [-0.2, -0.15) is 0 Å². The maximum Gasteiger partial charge on any atom is 0.270 e. The van der Waals surface area contributed by atoms with Crippen LogP contribution in [0.1, 0.15) is 5.56 Å². The van der Waals surface area contributed by atoms with Crippen LogP contribution in [-0.4, -0.2) is 25.1 Å². The molecule has 0 radical (unpaired) electrons. The van der Waals surface area contributed by atoms with E-state index in [1.54, 1.807) is 17.8 Å². The number of hydrogen-bond acceptors (Lipinski definition) is 6. The van der Waals surface area contributed by atoms with Crippen molar-refractivity contribution in [2.45, 2.75) is 10.9 Å². The molecule has 0 aliphatic heterocycles. The predicted octanol–water partition coefficient (Wildman–Crippen LogP) is 2.17. The molecule has 0 aliphatic carbocycles. The molecule has 18 heavy (non-hydrogen) atoms. The molecule has 2 aromatic rings. The fourth-order valence-corrected chi connectivity index (χ4v) is 2.80. The lowest BCUT2D eigenvalue weighted by Gasteiger charge is -2.03. The Balaban J connectivity index is 2.11. The van der Waals surface area contributed by atoms with Crippen molar-refractivity contribution in [1.29, 1.82) is 0 Å². The second kappa shape index (κ2) is 5.44. The molecular weight excluding hydrogens is 322 g/mol. The van der Waals surface area contributed by atoms with Crippen LogP contribution in [-0.2, 0) is 12.8 Å². The van der Waals surface area contributed by atoms with E-state index < -0.39 is 4.92 Å². The molecule has 0 fully saturated rings. The summed E-state index contributed by atoms with van der Waals surface area (Å²) in [6, 6.07) is 4.69. The summed E-state index contributed by atoms with van der Waals surface area (Å²) in [5, 5.41) is 22.4. The van der Waals surface area contributed by atoms with E-state index in [4.69, 9.17) is 0 Å². The Labute approximate surface area is 115 Å². The first-order valence-corrected chi connectivity index (χ1v) is 6.64. The van der Waals surface area contributed by atoms with Crippen molar-refractivity contribution in [3.8, 4) is 0 Å². The zero-order valence-corrected chi connectivity index (χ0v) is 11.7. The van der Waals surface area contributed by atoms with Gasteiger partial charge in [0.2, 0.25) is 5.16 Å². The fourth-order valence-electron chi connectivity index (χ4n) is 1.25. The SMILES string of the molecule is Cn1nnnc1SCc1ccc([N+](=O)[O-])cc1Br. The Morgan fingerprint density at radius 3 is 2.89 bits per heavy atom. The van der Waals surface area contributed by atoms with Gasteiger partial charge in [-0.3, -0.25) is 10.1 Å². The zero-order chi connectivity index (χ0) is 13.1. The van der Waals surface area contributed by atoms with Crippen molar-refractivity contribution >= 4 is 33.4 Å². The Hall–Kier alpha value is -1.48. The van der Waals surface area contributed by atoms with E-state index in [1.165, 1.54) is 23.9 Å². The van der Waals surface area contributed by atoms with E-state index in [1.807, 2.05) is 0 Å². The highest BCUT2D eigenvalue weighted by Gasteiger charge is 2.10. The van der Waals surface area contributed by atoms with Crippen LogP contribution in [0.5, 0.6) is 0 Å². The third kappa shape index (κ3) is 2.85. The van der Waals surface area contributed by atoms with Gasteiger partial charge >= 0.3 is 0 Å². The van der Waals surface area contributed by atoms with Crippen molar-refractivity contribution < 1.29 is 4.92 Å². The molecule has 0 saturated carbocycles. The molecule has 0 bridgehead atoms. The minimum atomic E-state index is -0.422. The van der Waals surface area contributed by atoms with Crippen LogP contribution in [0, 0.1) is 10.1 Å². The molecule has 0 N–H and O–H groups in total. The van der Waals surface area contributed by atoms with Gasteiger partial charge in [-0.25, -0.2) is 4.68 Å². The van der Waals surface area contributed by atoms with Gasteiger partial charge in [0.1, 0.15) is 0 Å². The summed E-state index contributed by atoms with van der Waals surface area (Å²) in [5.41, 5.74) is 1.02. The number of aromatic nitrogens is 4. The molecule has 1 heterocycles. The summed E-state index contributed by atoms with van der Waals surface area (Å²) in [6.45, 7) is 0. The monoisotopic (exact) mass is 329 g/mol. The number of non-ortho nitro benzene ring substituents is 1. The second-order valence-electron chi connectivity index (χ2n) is 3.41.